The Morgan fingerprint density at radius 1 is 0.392 bits per heavy atom. The molecule has 0 spiro atoms. The first-order valence-corrected chi connectivity index (χ1v) is 17.8. The van der Waals surface area contributed by atoms with Gasteiger partial charge in [0.15, 0.2) is 0 Å². The van der Waals surface area contributed by atoms with Gasteiger partial charge < -0.3 is 0 Å². The van der Waals surface area contributed by atoms with Gasteiger partial charge in [0, 0.05) is 54.3 Å². The molecule has 51 heavy (non-hydrogen) atoms. The van der Waals surface area contributed by atoms with Gasteiger partial charge >= 0.3 is 0 Å². The standard InChI is InChI=1S/C46H28N4S/c1-2-12-29(13-3-1)45-35-22-23-42-44(43(35)34-16-4-5-19-37(34)50-45)36-18-11-17-33(46(36)51-42)31-15-10-14-30(26-31)32-27-40(38-20-6-8-24-47-38)49-41(28-32)39-21-7-9-25-48-39/h1-28H. The van der Waals surface area contributed by atoms with Gasteiger partial charge in [-0.25, -0.2) is 9.97 Å². The number of nitrogens with zero attached hydrogens (tertiary/aromatic N) is 4. The van der Waals surface area contributed by atoms with Crippen LogP contribution in [-0.2, 0) is 0 Å². The van der Waals surface area contributed by atoms with Crippen LogP contribution in [0.3, 0.4) is 0 Å². The minimum absolute atomic E-state index is 0.814. The Hall–Kier alpha value is -6.56. The molecule has 0 radical (unpaired) electrons. The Morgan fingerprint density at radius 3 is 1.82 bits per heavy atom. The van der Waals surface area contributed by atoms with E-state index in [1.165, 1.54) is 47.5 Å². The van der Waals surface area contributed by atoms with Gasteiger partial charge in [-0.1, -0.05) is 103 Å². The van der Waals surface area contributed by atoms with Crippen molar-refractivity contribution < 1.29 is 0 Å². The summed E-state index contributed by atoms with van der Waals surface area (Å²) in [6, 6.07) is 55.3. The zero-order valence-electron chi connectivity index (χ0n) is 27.4. The lowest BCUT2D eigenvalue weighted by Gasteiger charge is -2.12. The van der Waals surface area contributed by atoms with E-state index in [9.17, 15) is 0 Å². The summed E-state index contributed by atoms with van der Waals surface area (Å²) >= 11 is 1.86. The lowest BCUT2D eigenvalue weighted by molar-refractivity contribution is 1.22. The molecule has 4 nitrogen and oxygen atoms in total. The van der Waals surface area contributed by atoms with E-state index in [1.54, 1.807) is 12.4 Å². The number of fused-ring (bicyclic) bond motifs is 7. The van der Waals surface area contributed by atoms with E-state index in [0.717, 1.165) is 50.7 Å². The molecule has 5 aromatic carbocycles. The summed E-state index contributed by atoms with van der Waals surface area (Å²) in [6.07, 6.45) is 3.61. The molecule has 0 aliphatic rings. The second-order valence-corrected chi connectivity index (χ2v) is 13.7. The van der Waals surface area contributed by atoms with E-state index < -0.39 is 0 Å². The topological polar surface area (TPSA) is 51.6 Å². The number of aromatic nitrogens is 4. The monoisotopic (exact) mass is 668 g/mol. The highest BCUT2D eigenvalue weighted by Crippen LogP contribution is 2.46. The highest BCUT2D eigenvalue weighted by molar-refractivity contribution is 7.26. The predicted molar refractivity (Wildman–Crippen MR) is 213 cm³/mol. The molecule has 10 aromatic rings. The predicted octanol–water partition coefficient (Wildman–Crippen LogP) is 12.3. The van der Waals surface area contributed by atoms with E-state index >= 15 is 0 Å². The highest BCUT2D eigenvalue weighted by Gasteiger charge is 2.18. The molecular formula is C46H28N4S. The number of thiophene rings is 1. The number of pyridine rings is 4. The first kappa shape index (κ1) is 29.4. The van der Waals surface area contributed by atoms with Gasteiger partial charge in [0.25, 0.3) is 0 Å². The van der Waals surface area contributed by atoms with Crippen LogP contribution in [0.4, 0.5) is 0 Å². The van der Waals surface area contributed by atoms with Crippen molar-refractivity contribution in [2.24, 2.45) is 0 Å². The molecule has 0 N–H and O–H groups in total. The molecule has 0 aliphatic heterocycles. The van der Waals surface area contributed by atoms with Crippen LogP contribution in [0.15, 0.2) is 170 Å². The maximum Gasteiger partial charge on any atom is 0.0900 e. The number of benzene rings is 5. The SMILES string of the molecule is c1ccc(-c2nc3ccccc3c3c2ccc2sc4c(-c5cccc(-c6cc(-c7ccccn7)nc(-c7ccccn7)c6)c5)cccc4c23)cc1. The van der Waals surface area contributed by atoms with E-state index in [2.05, 4.69) is 131 Å². The van der Waals surface area contributed by atoms with E-state index in [-0.39, 0.29) is 0 Å². The van der Waals surface area contributed by atoms with Gasteiger partial charge in [-0.2, -0.15) is 0 Å². The fraction of sp³-hybridized carbons (Fsp3) is 0. The van der Waals surface area contributed by atoms with Crippen LogP contribution in [0.25, 0.3) is 98.1 Å². The van der Waals surface area contributed by atoms with Crippen molar-refractivity contribution in [3.63, 3.8) is 0 Å². The Morgan fingerprint density at radius 2 is 1.06 bits per heavy atom. The van der Waals surface area contributed by atoms with Gasteiger partial charge in [0.2, 0.25) is 0 Å². The van der Waals surface area contributed by atoms with Gasteiger partial charge in [-0.15, -0.1) is 11.3 Å². The van der Waals surface area contributed by atoms with Crippen LogP contribution < -0.4 is 0 Å². The largest absolute Gasteiger partial charge is 0.255 e. The zero-order chi connectivity index (χ0) is 33.7. The Labute approximate surface area is 298 Å². The summed E-state index contributed by atoms with van der Waals surface area (Å²) in [7, 11) is 0. The van der Waals surface area contributed by atoms with Gasteiger partial charge in [0.1, 0.15) is 0 Å². The fourth-order valence-electron chi connectivity index (χ4n) is 7.23. The molecule has 10 rings (SSSR count). The molecule has 0 saturated heterocycles. The third-order valence-corrected chi connectivity index (χ3v) is 10.8. The summed E-state index contributed by atoms with van der Waals surface area (Å²) in [5.74, 6) is 0. The molecule has 0 saturated carbocycles. The maximum atomic E-state index is 5.19. The highest BCUT2D eigenvalue weighted by atomic mass is 32.1. The normalized spacial score (nSPS) is 11.5. The average molecular weight is 669 g/mol. The van der Waals surface area contributed by atoms with Crippen molar-refractivity contribution in [3.05, 3.63) is 170 Å². The Bertz CT molecular complexity index is 2840. The first-order valence-electron chi connectivity index (χ1n) is 17.0. The second kappa shape index (κ2) is 12.1. The minimum Gasteiger partial charge on any atom is -0.255 e. The van der Waals surface area contributed by atoms with E-state index in [4.69, 9.17) is 9.97 Å². The van der Waals surface area contributed by atoms with Crippen LogP contribution in [-0.4, -0.2) is 19.9 Å². The quantitative estimate of drug-likeness (QED) is 0.171. The first-order chi connectivity index (χ1) is 25.3. The lowest BCUT2D eigenvalue weighted by Crippen LogP contribution is -1.94. The molecule has 0 bridgehead atoms. The molecule has 0 amide bonds. The summed E-state index contributed by atoms with van der Waals surface area (Å²) in [6.45, 7) is 0. The van der Waals surface area contributed by atoms with Crippen molar-refractivity contribution in [1.29, 1.82) is 0 Å². The Balaban J connectivity index is 1.17. The third kappa shape index (κ3) is 5.06. The molecule has 0 aliphatic carbocycles. The minimum atomic E-state index is 0.814. The molecule has 0 atom stereocenters. The molecule has 5 heterocycles. The number of hydrogen-bond donors (Lipinski definition) is 0. The zero-order valence-corrected chi connectivity index (χ0v) is 28.2. The van der Waals surface area contributed by atoms with Gasteiger partial charge in [-0.3, -0.25) is 9.97 Å². The van der Waals surface area contributed by atoms with Gasteiger partial charge in [-0.05, 0) is 76.9 Å². The fourth-order valence-corrected chi connectivity index (χ4v) is 8.47. The summed E-state index contributed by atoms with van der Waals surface area (Å²) in [4.78, 5) is 19.4. The van der Waals surface area contributed by atoms with Crippen LogP contribution in [0.1, 0.15) is 0 Å². The van der Waals surface area contributed by atoms with Crippen LogP contribution in [0, 0.1) is 0 Å². The molecule has 5 aromatic heterocycles. The van der Waals surface area contributed by atoms with Crippen molar-refractivity contribution >= 4 is 53.2 Å². The molecule has 0 unspecified atom stereocenters. The smallest absolute Gasteiger partial charge is 0.0900 e. The molecular weight excluding hydrogens is 641 g/mol. The number of rotatable bonds is 5. The van der Waals surface area contributed by atoms with Crippen LogP contribution in [0.2, 0.25) is 0 Å². The maximum absolute atomic E-state index is 5.19. The molecule has 0 fully saturated rings. The summed E-state index contributed by atoms with van der Waals surface area (Å²) < 4.78 is 2.54. The third-order valence-electron chi connectivity index (χ3n) is 9.56. The van der Waals surface area contributed by atoms with Crippen molar-refractivity contribution in [2.45, 2.75) is 0 Å². The van der Waals surface area contributed by atoms with Crippen molar-refractivity contribution in [2.75, 3.05) is 0 Å². The number of hydrogen-bond acceptors (Lipinski definition) is 5. The molecule has 238 valence electrons. The molecule has 5 heteroatoms. The summed E-state index contributed by atoms with van der Waals surface area (Å²) in [5.41, 5.74) is 11.0. The van der Waals surface area contributed by atoms with Crippen LogP contribution >= 0.6 is 11.3 Å². The van der Waals surface area contributed by atoms with E-state index in [1.807, 2.05) is 47.7 Å². The van der Waals surface area contributed by atoms with E-state index in [0.29, 0.717) is 0 Å². The van der Waals surface area contributed by atoms with Crippen molar-refractivity contribution in [1.82, 2.24) is 19.9 Å². The average Bonchev–Trinajstić information content (AvgIpc) is 3.60. The van der Waals surface area contributed by atoms with Gasteiger partial charge in [0.05, 0.1) is 34.0 Å². The Kier molecular flexibility index (Phi) is 6.96. The summed E-state index contributed by atoms with van der Waals surface area (Å²) in [5, 5.41) is 6.16. The van der Waals surface area contributed by atoms with Crippen LogP contribution in [0.5, 0.6) is 0 Å². The number of para-hydroxylation sites is 1. The lowest BCUT2D eigenvalue weighted by atomic mass is 9.94. The second-order valence-electron chi connectivity index (χ2n) is 12.6. The van der Waals surface area contributed by atoms with Crippen molar-refractivity contribution in [3.8, 4) is 56.3 Å².